The molecule has 7 heteroatoms. The molecular formula is C14H24N4O2S. The summed E-state index contributed by atoms with van der Waals surface area (Å²) in [7, 11) is -1.76. The molecule has 118 valence electrons. The molecule has 6 nitrogen and oxygen atoms in total. The summed E-state index contributed by atoms with van der Waals surface area (Å²) in [5.74, 6) is 0. The molecule has 0 amide bonds. The smallest absolute Gasteiger partial charge is 0.246 e. The summed E-state index contributed by atoms with van der Waals surface area (Å²) >= 11 is 0. The summed E-state index contributed by atoms with van der Waals surface area (Å²) in [6.45, 7) is 2.30. The molecule has 3 rings (SSSR count). The molecule has 1 aromatic heterocycles. The van der Waals surface area contributed by atoms with Crippen LogP contribution in [0.2, 0.25) is 0 Å². The molecule has 1 aromatic rings. The molecule has 21 heavy (non-hydrogen) atoms. The van der Waals surface area contributed by atoms with Crippen LogP contribution in [0.1, 0.15) is 49.9 Å². The first-order valence-electron chi connectivity index (χ1n) is 7.75. The molecule has 0 radical (unpaired) electrons. The van der Waals surface area contributed by atoms with Crippen LogP contribution in [0.3, 0.4) is 0 Å². The van der Waals surface area contributed by atoms with E-state index in [4.69, 9.17) is 0 Å². The summed E-state index contributed by atoms with van der Waals surface area (Å²) in [5, 5.41) is 10.4. The zero-order valence-electron chi connectivity index (χ0n) is 12.7. The highest BCUT2D eigenvalue weighted by Gasteiger charge is 2.34. The predicted molar refractivity (Wildman–Crippen MR) is 80.4 cm³/mol. The Morgan fingerprint density at radius 3 is 2.57 bits per heavy atom. The van der Waals surface area contributed by atoms with Crippen LogP contribution in [0.5, 0.6) is 0 Å². The van der Waals surface area contributed by atoms with Crippen molar-refractivity contribution in [3.63, 3.8) is 0 Å². The highest BCUT2D eigenvalue weighted by molar-refractivity contribution is 7.89. The summed E-state index contributed by atoms with van der Waals surface area (Å²) in [6, 6.07) is 0.665. The average Bonchev–Trinajstić information content (AvgIpc) is 2.97. The predicted octanol–water partition coefficient (Wildman–Crippen LogP) is 1.53. The van der Waals surface area contributed by atoms with Gasteiger partial charge in [-0.05, 0) is 32.6 Å². The lowest BCUT2D eigenvalue weighted by molar-refractivity contribution is 0.372. The van der Waals surface area contributed by atoms with E-state index in [9.17, 15) is 8.42 Å². The van der Waals surface area contributed by atoms with Gasteiger partial charge in [0.15, 0.2) is 0 Å². The first-order valence-corrected chi connectivity index (χ1v) is 9.19. The fourth-order valence-corrected chi connectivity index (χ4v) is 4.81. The fourth-order valence-electron chi connectivity index (χ4n) is 3.07. The monoisotopic (exact) mass is 312 g/mol. The van der Waals surface area contributed by atoms with E-state index in [1.165, 1.54) is 12.8 Å². The SMILES string of the molecule is Cc1[nH]nc(CNC2CC2)c1S(=O)(=O)N(C)C1CCCC1. The molecular weight excluding hydrogens is 288 g/mol. The standard InChI is InChI=1S/C14H24N4O2S/c1-10-14(13(17-16-10)9-15-11-7-8-11)21(19,20)18(2)12-5-3-4-6-12/h11-12,15H,3-9H2,1-2H3,(H,16,17). The van der Waals surface area contributed by atoms with Crippen molar-refractivity contribution in [3.8, 4) is 0 Å². The Bertz CT molecular complexity index is 600. The number of rotatable bonds is 6. The Balaban J connectivity index is 1.84. The number of hydrogen-bond acceptors (Lipinski definition) is 4. The molecule has 0 bridgehead atoms. The molecule has 2 N–H and O–H groups in total. The third kappa shape index (κ3) is 3.00. The van der Waals surface area contributed by atoms with E-state index in [1.807, 2.05) is 0 Å². The van der Waals surface area contributed by atoms with Gasteiger partial charge in [-0.15, -0.1) is 0 Å². The first kappa shape index (κ1) is 15.0. The lowest BCUT2D eigenvalue weighted by Crippen LogP contribution is -2.36. The molecule has 0 spiro atoms. The molecule has 0 atom stereocenters. The van der Waals surface area contributed by atoms with Crippen LogP contribution in [0.4, 0.5) is 0 Å². The maximum Gasteiger partial charge on any atom is 0.246 e. The molecule has 2 fully saturated rings. The van der Waals surface area contributed by atoms with Crippen molar-refractivity contribution in [2.75, 3.05) is 7.05 Å². The normalized spacial score (nSPS) is 20.5. The molecule has 0 saturated heterocycles. The Hall–Kier alpha value is -0.920. The summed E-state index contributed by atoms with van der Waals surface area (Å²) in [4.78, 5) is 0.366. The van der Waals surface area contributed by atoms with E-state index < -0.39 is 10.0 Å². The number of H-pyrrole nitrogens is 1. The Morgan fingerprint density at radius 1 is 1.29 bits per heavy atom. The van der Waals surface area contributed by atoms with Crippen LogP contribution in [-0.2, 0) is 16.6 Å². The fraction of sp³-hybridized carbons (Fsp3) is 0.786. The van der Waals surface area contributed by atoms with Gasteiger partial charge in [0.25, 0.3) is 0 Å². The first-order chi connectivity index (χ1) is 10.00. The number of aryl methyl sites for hydroxylation is 1. The highest BCUT2D eigenvalue weighted by Crippen LogP contribution is 2.29. The molecule has 1 heterocycles. The van der Waals surface area contributed by atoms with Crippen LogP contribution in [0, 0.1) is 6.92 Å². The van der Waals surface area contributed by atoms with Gasteiger partial charge < -0.3 is 5.32 Å². The molecule has 0 aliphatic heterocycles. The van der Waals surface area contributed by atoms with Gasteiger partial charge in [-0.25, -0.2) is 8.42 Å². The van der Waals surface area contributed by atoms with Crippen molar-refractivity contribution in [3.05, 3.63) is 11.4 Å². The van der Waals surface area contributed by atoms with Crippen LogP contribution < -0.4 is 5.32 Å². The van der Waals surface area contributed by atoms with Gasteiger partial charge in [0.2, 0.25) is 10.0 Å². The summed E-state index contributed by atoms with van der Waals surface area (Å²) in [5.41, 5.74) is 1.25. The third-order valence-electron chi connectivity index (χ3n) is 4.57. The van der Waals surface area contributed by atoms with Crippen LogP contribution in [-0.4, -0.2) is 42.1 Å². The lowest BCUT2D eigenvalue weighted by atomic mass is 10.3. The molecule has 0 aromatic carbocycles. The van der Waals surface area contributed by atoms with Crippen molar-refractivity contribution in [1.82, 2.24) is 19.8 Å². The zero-order chi connectivity index (χ0) is 15.0. The lowest BCUT2D eigenvalue weighted by Gasteiger charge is -2.24. The zero-order valence-corrected chi connectivity index (χ0v) is 13.5. The molecule has 2 aliphatic carbocycles. The number of aromatic nitrogens is 2. The number of nitrogens with one attached hydrogen (secondary N) is 2. The van der Waals surface area contributed by atoms with Gasteiger partial charge >= 0.3 is 0 Å². The van der Waals surface area contributed by atoms with E-state index in [2.05, 4.69) is 15.5 Å². The topological polar surface area (TPSA) is 78.1 Å². The van der Waals surface area contributed by atoms with Gasteiger partial charge in [0.05, 0.1) is 11.4 Å². The minimum Gasteiger partial charge on any atom is -0.308 e. The molecule has 0 unspecified atom stereocenters. The number of sulfonamides is 1. The van der Waals surface area contributed by atoms with Crippen molar-refractivity contribution in [2.24, 2.45) is 0 Å². The molecule has 2 aliphatic rings. The van der Waals surface area contributed by atoms with Gasteiger partial charge in [-0.3, -0.25) is 5.10 Å². The minimum atomic E-state index is -3.47. The largest absolute Gasteiger partial charge is 0.308 e. The van der Waals surface area contributed by atoms with Crippen molar-refractivity contribution in [2.45, 2.75) is 69.0 Å². The van der Waals surface area contributed by atoms with E-state index in [1.54, 1.807) is 18.3 Å². The van der Waals surface area contributed by atoms with Gasteiger partial charge in [-0.2, -0.15) is 9.40 Å². The van der Waals surface area contributed by atoms with Crippen LogP contribution in [0.15, 0.2) is 4.90 Å². The Kier molecular flexibility index (Phi) is 4.07. The van der Waals surface area contributed by atoms with E-state index in [0.717, 1.165) is 25.7 Å². The third-order valence-corrected chi connectivity index (χ3v) is 6.69. The van der Waals surface area contributed by atoms with E-state index in [0.29, 0.717) is 28.9 Å². The second-order valence-electron chi connectivity index (χ2n) is 6.24. The second-order valence-corrected chi connectivity index (χ2v) is 8.17. The van der Waals surface area contributed by atoms with Gasteiger partial charge in [0, 0.05) is 25.7 Å². The number of aromatic amines is 1. The molecule has 2 saturated carbocycles. The van der Waals surface area contributed by atoms with Gasteiger partial charge in [-0.1, -0.05) is 12.8 Å². The summed E-state index contributed by atoms with van der Waals surface area (Å²) < 4.78 is 27.4. The van der Waals surface area contributed by atoms with E-state index in [-0.39, 0.29) is 6.04 Å². The second kappa shape index (κ2) is 5.70. The Labute approximate surface area is 126 Å². The maximum atomic E-state index is 12.9. The van der Waals surface area contributed by atoms with Crippen LogP contribution in [0.25, 0.3) is 0 Å². The van der Waals surface area contributed by atoms with Crippen molar-refractivity contribution in [1.29, 1.82) is 0 Å². The average molecular weight is 312 g/mol. The highest BCUT2D eigenvalue weighted by atomic mass is 32.2. The quantitative estimate of drug-likeness (QED) is 0.835. The maximum absolute atomic E-state index is 12.9. The van der Waals surface area contributed by atoms with Crippen molar-refractivity contribution >= 4 is 10.0 Å². The van der Waals surface area contributed by atoms with Gasteiger partial charge in [0.1, 0.15) is 4.90 Å². The minimum absolute atomic E-state index is 0.133. The number of hydrogen-bond donors (Lipinski definition) is 2. The summed E-state index contributed by atoms with van der Waals surface area (Å²) in [6.07, 6.45) is 6.50. The van der Waals surface area contributed by atoms with E-state index >= 15 is 0 Å². The number of nitrogens with zero attached hydrogens (tertiary/aromatic N) is 2. The van der Waals surface area contributed by atoms with Crippen LogP contribution >= 0.6 is 0 Å². The Morgan fingerprint density at radius 2 is 1.95 bits per heavy atom. The van der Waals surface area contributed by atoms with Crippen molar-refractivity contribution < 1.29 is 8.42 Å².